The fourth-order valence-electron chi connectivity index (χ4n) is 2.15. The predicted octanol–water partition coefficient (Wildman–Crippen LogP) is 3.21. The highest BCUT2D eigenvalue weighted by molar-refractivity contribution is 7.88. The van der Waals surface area contributed by atoms with Crippen LogP contribution in [-0.4, -0.2) is 26.2 Å². The number of benzene rings is 2. The summed E-state index contributed by atoms with van der Waals surface area (Å²) in [7, 11) is -4.10. The number of alkyl halides is 3. The fraction of sp³-hybridized carbons (Fsp3) is 0.250. The Balaban J connectivity index is 2.19. The zero-order valence-electron chi connectivity index (χ0n) is 12.8. The van der Waals surface area contributed by atoms with E-state index in [0.29, 0.717) is 10.6 Å². The lowest BCUT2D eigenvalue weighted by Gasteiger charge is -2.31. The van der Waals surface area contributed by atoms with Gasteiger partial charge in [-0.1, -0.05) is 54.1 Å². The predicted molar refractivity (Wildman–Crippen MR) is 88.5 cm³/mol. The molecule has 0 heterocycles. The Hall–Kier alpha value is -1.61. The van der Waals surface area contributed by atoms with Crippen molar-refractivity contribution in [1.29, 1.82) is 0 Å². The van der Waals surface area contributed by atoms with Crippen molar-refractivity contribution in [3.8, 4) is 0 Å². The second-order valence-corrected chi connectivity index (χ2v) is 7.67. The van der Waals surface area contributed by atoms with Crippen molar-refractivity contribution < 1.29 is 26.7 Å². The summed E-state index contributed by atoms with van der Waals surface area (Å²) in [4.78, 5) is 0. The van der Waals surface area contributed by atoms with Gasteiger partial charge in [0.15, 0.2) is 5.60 Å². The zero-order chi connectivity index (χ0) is 18.7. The molecule has 136 valence electrons. The van der Waals surface area contributed by atoms with Crippen molar-refractivity contribution in [2.24, 2.45) is 0 Å². The molecule has 0 fully saturated rings. The summed E-state index contributed by atoms with van der Waals surface area (Å²) in [6, 6.07) is 12.2. The molecule has 4 nitrogen and oxygen atoms in total. The lowest BCUT2D eigenvalue weighted by Crippen LogP contribution is -2.51. The van der Waals surface area contributed by atoms with Gasteiger partial charge in [0.25, 0.3) is 0 Å². The number of nitrogens with one attached hydrogen (secondary N) is 1. The van der Waals surface area contributed by atoms with Crippen molar-refractivity contribution in [3.63, 3.8) is 0 Å². The van der Waals surface area contributed by atoms with Crippen molar-refractivity contribution in [2.45, 2.75) is 17.5 Å². The minimum absolute atomic E-state index is 0.354. The van der Waals surface area contributed by atoms with Crippen LogP contribution in [-0.2, 0) is 21.4 Å². The molecule has 0 aromatic heterocycles. The Morgan fingerprint density at radius 1 is 1.00 bits per heavy atom. The maximum absolute atomic E-state index is 13.3. The van der Waals surface area contributed by atoms with Gasteiger partial charge in [-0.3, -0.25) is 0 Å². The maximum Gasteiger partial charge on any atom is 0.422 e. The molecule has 25 heavy (non-hydrogen) atoms. The average Bonchev–Trinajstić information content (AvgIpc) is 2.54. The van der Waals surface area contributed by atoms with Crippen LogP contribution in [0, 0.1) is 0 Å². The van der Waals surface area contributed by atoms with E-state index in [-0.39, 0.29) is 0 Å². The van der Waals surface area contributed by atoms with Crippen LogP contribution in [0.15, 0.2) is 54.6 Å². The van der Waals surface area contributed by atoms with Crippen molar-refractivity contribution in [3.05, 3.63) is 70.7 Å². The van der Waals surface area contributed by atoms with E-state index in [1.54, 1.807) is 0 Å². The average molecular weight is 394 g/mol. The summed E-state index contributed by atoms with van der Waals surface area (Å²) >= 11 is 5.70. The summed E-state index contributed by atoms with van der Waals surface area (Å²) in [5.74, 6) is -0.535. The Morgan fingerprint density at radius 2 is 1.56 bits per heavy atom. The maximum atomic E-state index is 13.3. The first-order valence-corrected chi connectivity index (χ1v) is 9.13. The summed E-state index contributed by atoms with van der Waals surface area (Å²) in [5, 5.41) is 10.5. The number of hydrogen-bond acceptors (Lipinski definition) is 3. The Labute approximate surface area is 148 Å². The number of rotatable bonds is 6. The van der Waals surface area contributed by atoms with Crippen LogP contribution in [0.2, 0.25) is 5.02 Å². The molecule has 0 spiro atoms. The van der Waals surface area contributed by atoms with Crippen molar-refractivity contribution >= 4 is 21.6 Å². The second kappa shape index (κ2) is 7.33. The van der Waals surface area contributed by atoms with Gasteiger partial charge >= 0.3 is 6.18 Å². The van der Waals surface area contributed by atoms with Crippen LogP contribution in [0.25, 0.3) is 0 Å². The first-order valence-electron chi connectivity index (χ1n) is 7.10. The van der Waals surface area contributed by atoms with Crippen molar-refractivity contribution in [2.75, 3.05) is 6.54 Å². The van der Waals surface area contributed by atoms with Crippen LogP contribution >= 0.6 is 11.6 Å². The molecule has 2 aromatic rings. The molecule has 0 aliphatic rings. The normalized spacial score (nSPS) is 14.9. The van der Waals surface area contributed by atoms with Gasteiger partial charge < -0.3 is 5.11 Å². The highest BCUT2D eigenvalue weighted by atomic mass is 35.5. The first-order chi connectivity index (χ1) is 11.5. The molecule has 0 saturated heterocycles. The molecule has 0 aliphatic heterocycles. The molecule has 1 unspecified atom stereocenters. The van der Waals surface area contributed by atoms with E-state index < -0.39 is 39.7 Å². The molecule has 9 heteroatoms. The molecular weight excluding hydrogens is 379 g/mol. The summed E-state index contributed by atoms with van der Waals surface area (Å²) in [6.45, 7) is -1.23. The van der Waals surface area contributed by atoms with Crippen LogP contribution in [0.5, 0.6) is 0 Å². The minimum Gasteiger partial charge on any atom is -0.375 e. The third-order valence-electron chi connectivity index (χ3n) is 3.54. The van der Waals surface area contributed by atoms with E-state index in [0.717, 1.165) is 12.1 Å². The van der Waals surface area contributed by atoms with Gasteiger partial charge in [-0.2, -0.15) is 13.2 Å². The lowest BCUT2D eigenvalue weighted by atomic mass is 9.93. The van der Waals surface area contributed by atoms with Gasteiger partial charge in [0, 0.05) is 5.02 Å². The van der Waals surface area contributed by atoms with Crippen LogP contribution in [0.4, 0.5) is 13.2 Å². The van der Waals surface area contributed by atoms with Gasteiger partial charge in [0.2, 0.25) is 10.0 Å². The zero-order valence-corrected chi connectivity index (χ0v) is 14.4. The molecule has 2 N–H and O–H groups in total. The molecule has 0 radical (unpaired) electrons. The molecule has 1 atom stereocenters. The Kier molecular flexibility index (Phi) is 5.78. The van der Waals surface area contributed by atoms with Gasteiger partial charge in [-0.25, -0.2) is 13.1 Å². The summed E-state index contributed by atoms with van der Waals surface area (Å²) in [6.07, 6.45) is -5.06. The first kappa shape index (κ1) is 19.7. The quantitative estimate of drug-likeness (QED) is 0.792. The van der Waals surface area contributed by atoms with E-state index in [4.69, 9.17) is 11.6 Å². The van der Waals surface area contributed by atoms with E-state index in [1.807, 2.05) is 4.72 Å². The highest BCUT2D eigenvalue weighted by Gasteiger charge is 2.55. The van der Waals surface area contributed by atoms with Gasteiger partial charge in [-0.05, 0) is 23.3 Å². The smallest absolute Gasteiger partial charge is 0.375 e. The van der Waals surface area contributed by atoms with Gasteiger partial charge in [-0.15, -0.1) is 0 Å². The highest BCUT2D eigenvalue weighted by Crippen LogP contribution is 2.38. The Morgan fingerprint density at radius 3 is 2.08 bits per heavy atom. The molecular formula is C16H15ClF3NO3S. The van der Waals surface area contributed by atoms with E-state index in [9.17, 15) is 26.7 Å². The molecule has 2 rings (SSSR count). The number of sulfonamides is 1. The number of aliphatic hydroxyl groups is 1. The SMILES string of the molecule is O=S(=O)(Cc1ccc(Cl)cc1)NCC(O)(c1ccccc1)C(F)(F)F. The molecule has 2 aromatic carbocycles. The minimum atomic E-state index is -5.06. The summed E-state index contributed by atoms with van der Waals surface area (Å²) in [5.41, 5.74) is -3.43. The molecule has 0 aliphatic carbocycles. The van der Waals surface area contributed by atoms with E-state index in [1.165, 1.54) is 42.5 Å². The van der Waals surface area contributed by atoms with Crippen LogP contribution in [0.3, 0.4) is 0 Å². The van der Waals surface area contributed by atoms with Crippen LogP contribution in [0.1, 0.15) is 11.1 Å². The van der Waals surface area contributed by atoms with Gasteiger partial charge in [0.05, 0.1) is 12.3 Å². The molecule has 0 bridgehead atoms. The van der Waals surface area contributed by atoms with Crippen LogP contribution < -0.4 is 4.72 Å². The Bertz CT molecular complexity index is 811. The largest absolute Gasteiger partial charge is 0.422 e. The number of hydrogen-bond donors (Lipinski definition) is 2. The lowest BCUT2D eigenvalue weighted by molar-refractivity contribution is -0.263. The number of halogens is 4. The van der Waals surface area contributed by atoms with E-state index >= 15 is 0 Å². The third-order valence-corrected chi connectivity index (χ3v) is 5.09. The van der Waals surface area contributed by atoms with Crippen molar-refractivity contribution in [1.82, 2.24) is 4.72 Å². The monoisotopic (exact) mass is 393 g/mol. The standard InChI is InChI=1S/C16H15ClF3NO3S/c17-14-8-6-12(7-9-14)10-25(23,24)21-11-15(22,16(18,19)20)13-4-2-1-3-5-13/h1-9,21-22H,10-11H2. The second-order valence-electron chi connectivity index (χ2n) is 5.43. The molecule has 0 amide bonds. The van der Waals surface area contributed by atoms with Gasteiger partial charge in [0.1, 0.15) is 0 Å². The topological polar surface area (TPSA) is 66.4 Å². The summed E-state index contributed by atoms with van der Waals surface area (Å²) < 4.78 is 66.0. The van der Waals surface area contributed by atoms with E-state index in [2.05, 4.69) is 0 Å². The molecule has 0 saturated carbocycles. The fourth-order valence-corrected chi connectivity index (χ4v) is 3.43. The third kappa shape index (κ3) is 4.94.